The minimum atomic E-state index is 0. The van der Waals surface area contributed by atoms with Gasteiger partial charge in [0, 0.05) is 7.11 Å². The monoisotopic (exact) mass is 114 g/mol. The Bertz CT molecular complexity index is 6.85. The second kappa shape index (κ2) is 226. The molecular weight excluding hydrogens is 104 g/mol. The van der Waals surface area contributed by atoms with Gasteiger partial charge in [-0.3, -0.25) is 0 Å². The summed E-state index contributed by atoms with van der Waals surface area (Å²) >= 11 is 0. The average molecular weight is 114 g/mol. The molecule has 0 rings (SSSR count). The van der Waals surface area contributed by atoms with E-state index in [0.29, 0.717) is 0 Å². The number of aliphatic hydroxyl groups is 1. The first-order valence-electron chi connectivity index (χ1n) is 0.447. The molecule has 1 N–H and O–H groups in total. The van der Waals surface area contributed by atoms with Crippen molar-refractivity contribution >= 4 is 0 Å². The van der Waals surface area contributed by atoms with Crippen molar-refractivity contribution < 1.29 is 22.5 Å². The summed E-state index contributed by atoms with van der Waals surface area (Å²) in [5.74, 6) is 0. The van der Waals surface area contributed by atoms with E-state index in [1.807, 2.05) is 0 Å². The molecule has 0 atom stereocenters. The van der Waals surface area contributed by atoms with Crippen LogP contribution < -0.4 is 0 Å². The summed E-state index contributed by atoms with van der Waals surface area (Å²) in [7, 11) is 1.00. The number of aliphatic hydroxyl groups excluding tert-OH is 1. The van der Waals surface area contributed by atoms with Crippen LogP contribution in [0.5, 0.6) is 0 Å². The van der Waals surface area contributed by atoms with Gasteiger partial charge in [-0.1, -0.05) is 0 Å². The van der Waals surface area contributed by atoms with Crippen molar-refractivity contribution in [3.05, 3.63) is 14.9 Å². The van der Waals surface area contributed by atoms with Crippen LogP contribution in [-0.4, -0.2) is 12.2 Å². The molecule has 0 heterocycles. The van der Waals surface area contributed by atoms with Gasteiger partial charge in [0.25, 0.3) is 0 Å². The summed E-state index contributed by atoms with van der Waals surface area (Å²) in [5, 5.41) is 7.00. The third-order valence-electron chi connectivity index (χ3n) is 0. The van der Waals surface area contributed by atoms with Crippen LogP contribution in [0.2, 0.25) is 0 Å². The van der Waals surface area contributed by atoms with Crippen molar-refractivity contribution in [1.29, 1.82) is 0 Å². The maximum absolute atomic E-state index is 7.00. The van der Waals surface area contributed by atoms with E-state index < -0.39 is 0 Å². The molecule has 0 aliphatic carbocycles. The summed E-state index contributed by atoms with van der Waals surface area (Å²) in [6.45, 7) is 0. The Morgan fingerprint density at radius 1 is 1.00 bits per heavy atom. The fraction of sp³-hybridized carbons (Fsp3) is 0.333. The number of hydrogen-bond acceptors (Lipinski definition) is 1. The van der Waals surface area contributed by atoms with Gasteiger partial charge >= 0.3 is 17.4 Å². The zero-order valence-electron chi connectivity index (χ0n) is 3.86. The Hall–Kier alpha value is 0.492. The molecular formula is C3H10CrO. The number of rotatable bonds is 0. The maximum Gasteiger partial charge on any atom is 2.00 e. The van der Waals surface area contributed by atoms with E-state index in [1.165, 1.54) is 0 Å². The molecule has 0 radical (unpaired) electrons. The molecule has 5 heavy (non-hydrogen) atoms. The van der Waals surface area contributed by atoms with Crippen molar-refractivity contribution in [2.24, 2.45) is 0 Å². The van der Waals surface area contributed by atoms with Gasteiger partial charge in [0.05, 0.1) is 0 Å². The average Bonchev–Trinajstić information content (AvgIpc) is 1.00. The van der Waals surface area contributed by atoms with Crippen molar-refractivity contribution in [3.63, 3.8) is 0 Å². The van der Waals surface area contributed by atoms with E-state index in [-0.39, 0.29) is 32.2 Å². The van der Waals surface area contributed by atoms with Crippen LogP contribution in [0.15, 0.2) is 0 Å². The van der Waals surface area contributed by atoms with Crippen molar-refractivity contribution in [3.8, 4) is 0 Å². The molecule has 0 aliphatic heterocycles. The van der Waals surface area contributed by atoms with Gasteiger partial charge in [-0.2, -0.15) is 0 Å². The van der Waals surface area contributed by atoms with E-state index in [9.17, 15) is 0 Å². The van der Waals surface area contributed by atoms with E-state index in [0.717, 1.165) is 7.11 Å². The SMILES string of the molecule is CO.[CH3-].[CH3-].[Cr+2]. The summed E-state index contributed by atoms with van der Waals surface area (Å²) < 4.78 is 0. The third kappa shape index (κ3) is 115. The molecule has 0 fully saturated rings. The third-order valence-corrected chi connectivity index (χ3v) is 0. The van der Waals surface area contributed by atoms with E-state index >= 15 is 0 Å². The Balaban J connectivity index is -0.00000000167. The summed E-state index contributed by atoms with van der Waals surface area (Å²) in [6.07, 6.45) is 0. The van der Waals surface area contributed by atoms with Crippen LogP contribution in [0.25, 0.3) is 0 Å². The van der Waals surface area contributed by atoms with Crippen LogP contribution in [0.1, 0.15) is 0 Å². The van der Waals surface area contributed by atoms with Crippen LogP contribution in [0, 0.1) is 14.9 Å². The zero-order chi connectivity index (χ0) is 2.00. The normalized spacial score (nSPS) is 1.20. The smallest absolute Gasteiger partial charge is 0.400 e. The van der Waals surface area contributed by atoms with Crippen LogP contribution in [0.4, 0.5) is 0 Å². The predicted octanol–water partition coefficient (Wildman–Crippen LogP) is 0.507. The first-order chi connectivity index (χ1) is 1.00. The molecule has 0 bridgehead atoms. The summed E-state index contributed by atoms with van der Waals surface area (Å²) in [4.78, 5) is 0. The van der Waals surface area contributed by atoms with Gasteiger partial charge in [0.1, 0.15) is 0 Å². The molecule has 0 unspecified atom stereocenters. The van der Waals surface area contributed by atoms with E-state index in [1.54, 1.807) is 0 Å². The first kappa shape index (κ1) is 49.8. The first-order valence-corrected chi connectivity index (χ1v) is 0.447. The molecule has 0 saturated carbocycles. The fourth-order valence-corrected chi connectivity index (χ4v) is 0. The van der Waals surface area contributed by atoms with Gasteiger partial charge in [0.15, 0.2) is 0 Å². The quantitative estimate of drug-likeness (QED) is 0.455. The number of hydrogen-bond donors (Lipinski definition) is 1. The minimum Gasteiger partial charge on any atom is -0.400 e. The second-order valence-corrected chi connectivity index (χ2v) is 0. The molecule has 0 amide bonds. The van der Waals surface area contributed by atoms with Gasteiger partial charge in [-0.25, -0.2) is 0 Å². The molecule has 0 aliphatic rings. The molecule has 2 heteroatoms. The summed E-state index contributed by atoms with van der Waals surface area (Å²) in [5.41, 5.74) is 0. The second-order valence-electron chi connectivity index (χ2n) is 0. The van der Waals surface area contributed by atoms with Crippen LogP contribution in [-0.2, 0) is 17.4 Å². The summed E-state index contributed by atoms with van der Waals surface area (Å²) in [6, 6.07) is 0. The van der Waals surface area contributed by atoms with Crippen LogP contribution >= 0.6 is 0 Å². The topological polar surface area (TPSA) is 20.2 Å². The van der Waals surface area contributed by atoms with Crippen molar-refractivity contribution in [2.75, 3.05) is 7.11 Å². The Labute approximate surface area is 45.1 Å². The van der Waals surface area contributed by atoms with Gasteiger partial charge in [-0.15, -0.1) is 0 Å². The Kier molecular flexibility index (Phi) is 2250. The van der Waals surface area contributed by atoms with Gasteiger partial charge in [0.2, 0.25) is 0 Å². The van der Waals surface area contributed by atoms with Crippen LogP contribution in [0.3, 0.4) is 0 Å². The molecule has 0 aromatic carbocycles. The predicted molar refractivity (Wildman–Crippen MR) is 21.0 cm³/mol. The Morgan fingerprint density at radius 3 is 1.00 bits per heavy atom. The largest absolute Gasteiger partial charge is 2.00 e. The minimum absolute atomic E-state index is 0. The van der Waals surface area contributed by atoms with Gasteiger partial charge in [-0.05, 0) is 0 Å². The molecule has 0 spiro atoms. The van der Waals surface area contributed by atoms with E-state index in [4.69, 9.17) is 5.11 Å². The molecule has 1 nitrogen and oxygen atoms in total. The van der Waals surface area contributed by atoms with Crippen molar-refractivity contribution in [1.82, 2.24) is 0 Å². The Morgan fingerprint density at radius 2 is 1.00 bits per heavy atom. The molecule has 0 aromatic rings. The van der Waals surface area contributed by atoms with E-state index in [2.05, 4.69) is 0 Å². The standard InChI is InChI=1S/CH4O.2CH3.Cr/c1-2;;;/h2H,1H3;2*1H3;/q;2*-1;+2. The van der Waals surface area contributed by atoms with Gasteiger partial charge < -0.3 is 20.0 Å². The molecule has 0 aromatic heterocycles. The van der Waals surface area contributed by atoms with Crippen molar-refractivity contribution in [2.45, 2.75) is 0 Å². The molecule has 34 valence electrons. The maximum atomic E-state index is 7.00. The zero-order valence-corrected chi connectivity index (χ0v) is 5.13. The molecule has 0 saturated heterocycles. The fourth-order valence-electron chi connectivity index (χ4n) is 0.